The molecule has 6 nitrogen and oxygen atoms in total. The van der Waals surface area contributed by atoms with Crippen molar-refractivity contribution in [1.29, 1.82) is 0 Å². The number of carboxylic acid groups (broad SMARTS) is 2. The lowest BCUT2D eigenvalue weighted by molar-refractivity contribution is -0.311. The van der Waals surface area contributed by atoms with Crippen LogP contribution in [0.1, 0.15) is 36.5 Å². The van der Waals surface area contributed by atoms with Crippen LogP contribution in [0.25, 0.3) is 0 Å². The van der Waals surface area contributed by atoms with Crippen LogP contribution in [0.2, 0.25) is 0 Å². The van der Waals surface area contributed by atoms with E-state index >= 15 is 0 Å². The Balaban J connectivity index is 2.50. The van der Waals surface area contributed by atoms with Gasteiger partial charge in [-0.3, -0.25) is 4.79 Å². The summed E-state index contributed by atoms with van der Waals surface area (Å²) in [4.78, 5) is 32.9. The van der Waals surface area contributed by atoms with Gasteiger partial charge in [0.15, 0.2) is 0 Å². The van der Waals surface area contributed by atoms with Gasteiger partial charge in [0.2, 0.25) is 5.91 Å². The normalized spacial score (nSPS) is 11.7. The first-order valence-electron chi connectivity index (χ1n) is 6.26. The van der Waals surface area contributed by atoms with Crippen molar-refractivity contribution in [2.75, 3.05) is 5.32 Å². The van der Waals surface area contributed by atoms with Crippen molar-refractivity contribution < 1.29 is 24.6 Å². The third-order valence-electron chi connectivity index (χ3n) is 2.95. The van der Waals surface area contributed by atoms with Crippen molar-refractivity contribution >= 4 is 23.5 Å². The third kappa shape index (κ3) is 4.72. The van der Waals surface area contributed by atoms with Crippen LogP contribution in [0, 0.1) is 5.92 Å². The summed E-state index contributed by atoms with van der Waals surface area (Å²) in [6, 6.07) is 5.53. The molecule has 0 heterocycles. The highest BCUT2D eigenvalue weighted by Gasteiger charge is 2.10. The van der Waals surface area contributed by atoms with Gasteiger partial charge in [-0.15, -0.1) is 0 Å². The summed E-state index contributed by atoms with van der Waals surface area (Å²) in [6.07, 6.45) is 0.687. The monoisotopic (exact) mass is 277 g/mol. The predicted octanol–water partition coefficient (Wildman–Crippen LogP) is -0.455. The van der Waals surface area contributed by atoms with Gasteiger partial charge in [-0.1, -0.05) is 19.1 Å². The van der Waals surface area contributed by atoms with Gasteiger partial charge in [0.1, 0.15) is 0 Å². The van der Waals surface area contributed by atoms with Crippen molar-refractivity contribution in [3.05, 3.63) is 29.8 Å². The average Bonchev–Trinajstić information content (AvgIpc) is 2.39. The maximum absolute atomic E-state index is 11.6. The van der Waals surface area contributed by atoms with E-state index in [2.05, 4.69) is 5.32 Å². The molecule has 1 aromatic rings. The number of benzene rings is 1. The molecular formula is C14H15NO5-2. The van der Waals surface area contributed by atoms with Gasteiger partial charge >= 0.3 is 0 Å². The van der Waals surface area contributed by atoms with Gasteiger partial charge in [0, 0.05) is 18.1 Å². The molecule has 6 heteroatoms. The second-order valence-corrected chi connectivity index (χ2v) is 4.38. The Bertz CT molecular complexity index is 495. The number of anilines is 1. The maximum Gasteiger partial charge on any atom is 0.224 e. The van der Waals surface area contributed by atoms with Crippen LogP contribution < -0.4 is 15.5 Å². The highest BCUT2D eigenvalue weighted by atomic mass is 16.4. The second-order valence-electron chi connectivity index (χ2n) is 4.38. The fourth-order valence-electron chi connectivity index (χ4n) is 1.71. The Labute approximate surface area is 116 Å². The van der Waals surface area contributed by atoms with E-state index in [4.69, 9.17) is 0 Å². The molecule has 1 atom stereocenters. The van der Waals surface area contributed by atoms with Crippen LogP contribution in [0.3, 0.4) is 0 Å². The van der Waals surface area contributed by atoms with Gasteiger partial charge in [-0.2, -0.15) is 0 Å². The molecule has 0 aliphatic rings. The van der Waals surface area contributed by atoms with Crippen molar-refractivity contribution in [1.82, 2.24) is 0 Å². The minimum atomic E-state index is -1.29. The Morgan fingerprint density at radius 1 is 1.15 bits per heavy atom. The smallest absolute Gasteiger partial charge is 0.224 e. The van der Waals surface area contributed by atoms with E-state index in [1.807, 2.05) is 0 Å². The van der Waals surface area contributed by atoms with Crippen LogP contribution in [0.4, 0.5) is 5.69 Å². The van der Waals surface area contributed by atoms with Crippen molar-refractivity contribution in [3.8, 4) is 0 Å². The molecule has 0 aromatic heterocycles. The largest absolute Gasteiger partial charge is 0.550 e. The molecule has 0 spiro atoms. The van der Waals surface area contributed by atoms with Gasteiger partial charge in [0.25, 0.3) is 0 Å². The zero-order valence-corrected chi connectivity index (χ0v) is 11.0. The quantitative estimate of drug-likeness (QED) is 0.725. The number of carbonyl (C=O) groups is 3. The summed E-state index contributed by atoms with van der Waals surface area (Å²) in [5, 5.41) is 23.8. The van der Waals surface area contributed by atoms with Crippen LogP contribution in [-0.4, -0.2) is 17.8 Å². The lowest BCUT2D eigenvalue weighted by atomic mass is 10.0. The van der Waals surface area contributed by atoms with Gasteiger partial charge in [-0.05, 0) is 36.5 Å². The summed E-state index contributed by atoms with van der Waals surface area (Å²) >= 11 is 0. The standard InChI is InChI=1S/C14H17NO5/c1-2-9(13(17)18)5-8-12(16)15-11-6-3-10(4-7-11)14(19)20/h3-4,6-7,9H,2,5,8H2,1H3,(H,15,16)(H,17,18)(H,19,20)/p-2/t9-/m1/s1. The Kier molecular flexibility index (Phi) is 5.71. The van der Waals surface area contributed by atoms with E-state index in [1.165, 1.54) is 24.3 Å². The average molecular weight is 277 g/mol. The molecule has 0 bridgehead atoms. The van der Waals surface area contributed by atoms with Crippen LogP contribution >= 0.6 is 0 Å². The SMILES string of the molecule is CC[C@H](CCC(=O)Nc1ccc(C(=O)[O-])cc1)C(=O)[O-]. The number of carbonyl (C=O) groups excluding carboxylic acids is 3. The first-order chi connectivity index (χ1) is 9.43. The summed E-state index contributed by atoms with van der Waals surface area (Å²) < 4.78 is 0. The molecule has 1 N–H and O–H groups in total. The molecule has 1 rings (SSSR count). The molecule has 20 heavy (non-hydrogen) atoms. The van der Waals surface area contributed by atoms with Crippen molar-refractivity contribution in [2.24, 2.45) is 5.92 Å². The van der Waals surface area contributed by atoms with E-state index < -0.39 is 17.9 Å². The Hall–Kier alpha value is -2.37. The number of nitrogens with one attached hydrogen (secondary N) is 1. The molecule has 0 saturated heterocycles. The second kappa shape index (κ2) is 7.28. The van der Waals surface area contributed by atoms with Gasteiger partial charge in [-0.25, -0.2) is 0 Å². The fourth-order valence-corrected chi connectivity index (χ4v) is 1.71. The van der Waals surface area contributed by atoms with Crippen LogP contribution in [0.5, 0.6) is 0 Å². The minimum absolute atomic E-state index is 0.0194. The molecule has 108 valence electrons. The van der Waals surface area contributed by atoms with Gasteiger partial charge in [0.05, 0.1) is 5.97 Å². The minimum Gasteiger partial charge on any atom is -0.550 e. The number of carboxylic acids is 2. The van der Waals surface area contributed by atoms with E-state index in [-0.39, 0.29) is 24.3 Å². The summed E-state index contributed by atoms with van der Waals surface area (Å²) in [6.45, 7) is 1.72. The van der Waals surface area contributed by atoms with Crippen molar-refractivity contribution in [2.45, 2.75) is 26.2 Å². The van der Waals surface area contributed by atoms with E-state index in [0.29, 0.717) is 12.1 Å². The number of amides is 1. The first kappa shape index (κ1) is 15.7. The predicted molar refractivity (Wildman–Crippen MR) is 67.4 cm³/mol. The zero-order chi connectivity index (χ0) is 15.1. The number of rotatable bonds is 7. The fraction of sp³-hybridized carbons (Fsp3) is 0.357. The molecule has 1 amide bonds. The number of hydrogen-bond acceptors (Lipinski definition) is 5. The zero-order valence-electron chi connectivity index (χ0n) is 11.0. The molecule has 0 saturated carbocycles. The summed E-state index contributed by atoms with van der Waals surface area (Å²) in [5.41, 5.74) is 0.465. The van der Waals surface area contributed by atoms with Crippen LogP contribution in [0.15, 0.2) is 24.3 Å². The first-order valence-corrected chi connectivity index (χ1v) is 6.26. The van der Waals surface area contributed by atoms with Crippen LogP contribution in [-0.2, 0) is 9.59 Å². The van der Waals surface area contributed by atoms with E-state index in [0.717, 1.165) is 0 Å². The Morgan fingerprint density at radius 3 is 2.20 bits per heavy atom. The topological polar surface area (TPSA) is 109 Å². The number of hydrogen-bond donors (Lipinski definition) is 1. The molecule has 0 unspecified atom stereocenters. The lowest BCUT2D eigenvalue weighted by Crippen LogP contribution is -2.31. The van der Waals surface area contributed by atoms with Crippen molar-refractivity contribution in [3.63, 3.8) is 0 Å². The number of aromatic carboxylic acids is 1. The highest BCUT2D eigenvalue weighted by Crippen LogP contribution is 2.13. The molecule has 0 aliphatic carbocycles. The molecular weight excluding hydrogens is 262 g/mol. The molecule has 0 aliphatic heterocycles. The maximum atomic E-state index is 11.6. The molecule has 0 radical (unpaired) electrons. The van der Waals surface area contributed by atoms with E-state index in [9.17, 15) is 24.6 Å². The summed E-state index contributed by atoms with van der Waals surface area (Å²) in [7, 11) is 0. The molecule has 1 aromatic carbocycles. The Morgan fingerprint density at radius 2 is 1.75 bits per heavy atom. The number of aliphatic carboxylic acids is 1. The van der Waals surface area contributed by atoms with E-state index in [1.54, 1.807) is 6.92 Å². The van der Waals surface area contributed by atoms with Gasteiger partial charge < -0.3 is 25.1 Å². The third-order valence-corrected chi connectivity index (χ3v) is 2.95. The lowest BCUT2D eigenvalue weighted by Gasteiger charge is -2.15. The highest BCUT2D eigenvalue weighted by molar-refractivity contribution is 5.92. The summed E-state index contributed by atoms with van der Waals surface area (Å²) in [5.74, 6) is -3.41. The molecule has 0 fully saturated rings.